The van der Waals surface area contributed by atoms with Crippen molar-refractivity contribution in [2.75, 3.05) is 11.9 Å². The van der Waals surface area contributed by atoms with E-state index in [2.05, 4.69) is 22.3 Å². The third-order valence-electron chi connectivity index (χ3n) is 2.61. The van der Waals surface area contributed by atoms with Gasteiger partial charge in [0.15, 0.2) is 0 Å². The molecule has 1 aromatic carbocycles. The first-order valence-corrected chi connectivity index (χ1v) is 5.89. The van der Waals surface area contributed by atoms with Crippen molar-refractivity contribution in [3.05, 3.63) is 47.4 Å². The van der Waals surface area contributed by atoms with Crippen molar-refractivity contribution in [3.63, 3.8) is 0 Å². The zero-order valence-corrected chi connectivity index (χ0v) is 10.9. The molecule has 0 aliphatic rings. The smallest absolute Gasteiger partial charge is 0.258 e. The number of halogens is 1. The summed E-state index contributed by atoms with van der Waals surface area (Å²) >= 11 is 0. The normalized spacial score (nSPS) is 9.75. The summed E-state index contributed by atoms with van der Waals surface area (Å²) < 4.78 is 14.8. The number of nitrogens with one attached hydrogen (secondary N) is 1. The summed E-state index contributed by atoms with van der Waals surface area (Å²) in [6, 6.07) is 5.47. The number of nitrogens with zero attached hydrogens (tertiary/aromatic N) is 2. The monoisotopic (exact) mass is 272 g/mol. The lowest BCUT2D eigenvalue weighted by Gasteiger charge is -2.07. The van der Waals surface area contributed by atoms with Gasteiger partial charge in [0.2, 0.25) is 0 Å². The fourth-order valence-electron chi connectivity index (χ4n) is 1.64. The maximum Gasteiger partial charge on any atom is 0.258 e. The van der Waals surface area contributed by atoms with Gasteiger partial charge in [-0.1, -0.05) is 11.8 Å². The van der Waals surface area contributed by atoms with Crippen LogP contribution in [0, 0.1) is 17.7 Å². The van der Waals surface area contributed by atoms with Gasteiger partial charge in [0, 0.05) is 18.7 Å². The Morgan fingerprint density at radius 3 is 2.95 bits per heavy atom. The first-order valence-electron chi connectivity index (χ1n) is 5.89. The fraction of sp³-hybridized carbons (Fsp3) is 0.143. The lowest BCUT2D eigenvalue weighted by Crippen LogP contribution is -2.16. The van der Waals surface area contributed by atoms with Crippen LogP contribution >= 0.6 is 0 Å². The van der Waals surface area contributed by atoms with Gasteiger partial charge in [-0.2, -0.15) is 5.10 Å². The van der Waals surface area contributed by atoms with Gasteiger partial charge in [0.25, 0.3) is 5.91 Å². The van der Waals surface area contributed by atoms with E-state index in [1.54, 1.807) is 19.3 Å². The molecule has 20 heavy (non-hydrogen) atoms. The van der Waals surface area contributed by atoms with Gasteiger partial charge in [-0.05, 0) is 18.2 Å². The quantitative estimate of drug-likeness (QED) is 0.805. The van der Waals surface area contributed by atoms with Crippen LogP contribution in [0.2, 0.25) is 0 Å². The van der Waals surface area contributed by atoms with E-state index in [9.17, 15) is 9.18 Å². The van der Waals surface area contributed by atoms with Crippen molar-refractivity contribution < 1.29 is 9.18 Å². The molecule has 0 radical (unpaired) electrons. The molecule has 5 nitrogen and oxygen atoms in total. The number of anilines is 1. The number of amides is 1. The Hall–Kier alpha value is -2.65. The third kappa shape index (κ3) is 3.02. The Bertz CT molecular complexity index is 697. The number of benzene rings is 1. The molecule has 3 N–H and O–H groups in total. The summed E-state index contributed by atoms with van der Waals surface area (Å²) in [7, 11) is 1.70. The van der Waals surface area contributed by atoms with Crippen molar-refractivity contribution in [2.24, 2.45) is 12.8 Å². The number of hydrogen-bond acceptors (Lipinski definition) is 3. The average molecular weight is 272 g/mol. The summed E-state index contributed by atoms with van der Waals surface area (Å²) in [5, 5.41) is 6.63. The van der Waals surface area contributed by atoms with Crippen molar-refractivity contribution in [1.29, 1.82) is 0 Å². The van der Waals surface area contributed by atoms with Gasteiger partial charge >= 0.3 is 0 Å². The van der Waals surface area contributed by atoms with E-state index in [-0.39, 0.29) is 18.0 Å². The maximum atomic E-state index is 13.2. The van der Waals surface area contributed by atoms with E-state index in [0.29, 0.717) is 11.4 Å². The molecule has 0 unspecified atom stereocenters. The van der Waals surface area contributed by atoms with Crippen LogP contribution in [0.1, 0.15) is 15.9 Å². The van der Waals surface area contributed by atoms with Crippen LogP contribution in [0.25, 0.3) is 0 Å². The highest BCUT2D eigenvalue weighted by molar-refractivity contribution is 6.05. The van der Waals surface area contributed by atoms with E-state index in [4.69, 9.17) is 5.73 Å². The number of carbonyl (C=O) groups is 1. The van der Waals surface area contributed by atoms with Crippen molar-refractivity contribution >= 4 is 11.7 Å². The molecule has 1 heterocycles. The van der Waals surface area contributed by atoms with E-state index in [1.165, 1.54) is 22.9 Å². The summed E-state index contributed by atoms with van der Waals surface area (Å²) in [6.07, 6.45) is 1.56. The number of hydrogen-bond donors (Lipinski definition) is 2. The van der Waals surface area contributed by atoms with E-state index in [0.717, 1.165) is 0 Å². The Kier molecular flexibility index (Phi) is 4.13. The van der Waals surface area contributed by atoms with E-state index < -0.39 is 5.82 Å². The Balaban J connectivity index is 2.32. The number of aryl methyl sites for hydroxylation is 1. The van der Waals surface area contributed by atoms with Crippen molar-refractivity contribution in [1.82, 2.24) is 9.78 Å². The molecule has 1 amide bonds. The highest BCUT2D eigenvalue weighted by Gasteiger charge is 2.12. The fourth-order valence-corrected chi connectivity index (χ4v) is 1.64. The number of aromatic nitrogens is 2. The Labute approximate surface area is 115 Å². The average Bonchev–Trinajstić information content (AvgIpc) is 2.82. The van der Waals surface area contributed by atoms with Gasteiger partial charge in [-0.15, -0.1) is 0 Å². The number of rotatable bonds is 2. The minimum absolute atomic E-state index is 0.138. The zero-order chi connectivity index (χ0) is 14.5. The Morgan fingerprint density at radius 1 is 1.50 bits per heavy atom. The van der Waals surface area contributed by atoms with Crippen LogP contribution in [0.3, 0.4) is 0 Å². The second-order valence-corrected chi connectivity index (χ2v) is 3.99. The maximum absolute atomic E-state index is 13.2. The highest BCUT2D eigenvalue weighted by atomic mass is 19.1. The minimum atomic E-state index is -0.455. The summed E-state index contributed by atoms with van der Waals surface area (Å²) in [5.41, 5.74) is 5.88. The molecule has 0 aliphatic carbocycles. The number of nitrogens with two attached hydrogens (primary N) is 1. The molecule has 0 saturated heterocycles. The molecule has 102 valence electrons. The molecule has 0 saturated carbocycles. The largest absolute Gasteiger partial charge is 0.320 e. The predicted octanol–water partition coefficient (Wildman–Crippen LogP) is 1.12. The lowest BCUT2D eigenvalue weighted by atomic mass is 10.1. The van der Waals surface area contributed by atoms with Gasteiger partial charge in [0.1, 0.15) is 11.6 Å². The zero-order valence-electron chi connectivity index (χ0n) is 10.9. The number of carbonyl (C=O) groups excluding carboxylic acids is 1. The molecule has 1 aromatic heterocycles. The molecule has 0 spiro atoms. The van der Waals surface area contributed by atoms with Gasteiger partial charge in [-0.3, -0.25) is 9.48 Å². The van der Waals surface area contributed by atoms with Crippen molar-refractivity contribution in [3.8, 4) is 11.8 Å². The summed E-state index contributed by atoms with van der Waals surface area (Å²) in [5.74, 6) is 5.01. The van der Waals surface area contributed by atoms with Crippen LogP contribution in [0.15, 0.2) is 30.5 Å². The minimum Gasteiger partial charge on any atom is -0.320 e. The molecule has 0 fully saturated rings. The lowest BCUT2D eigenvalue weighted by molar-refractivity contribution is 0.102. The van der Waals surface area contributed by atoms with Crippen molar-refractivity contribution in [2.45, 2.75) is 0 Å². The standard InChI is InChI=1S/C14H13FN4O/c1-19-13(6-8-17-19)18-14(20)12-5-4-11(15)9-10(12)3-2-7-16/h4-6,8-9H,7,16H2,1H3,(H,18,20). The van der Waals surface area contributed by atoms with Crippen LogP contribution in [-0.4, -0.2) is 22.2 Å². The van der Waals surface area contributed by atoms with Gasteiger partial charge in [-0.25, -0.2) is 4.39 Å². The van der Waals surface area contributed by atoms with Gasteiger partial charge in [0.05, 0.1) is 18.3 Å². The van der Waals surface area contributed by atoms with Crippen LogP contribution in [0.4, 0.5) is 10.2 Å². The summed E-state index contributed by atoms with van der Waals surface area (Å²) in [6.45, 7) is 0.138. The van der Waals surface area contributed by atoms with E-state index in [1.807, 2.05) is 0 Å². The molecule has 2 aromatic rings. The molecule has 6 heteroatoms. The van der Waals surface area contributed by atoms with Crippen LogP contribution in [0.5, 0.6) is 0 Å². The van der Waals surface area contributed by atoms with Crippen LogP contribution in [-0.2, 0) is 7.05 Å². The molecular weight excluding hydrogens is 259 g/mol. The first-order chi connectivity index (χ1) is 9.61. The van der Waals surface area contributed by atoms with E-state index >= 15 is 0 Å². The molecular formula is C14H13FN4O. The topological polar surface area (TPSA) is 72.9 Å². The predicted molar refractivity (Wildman–Crippen MR) is 73.5 cm³/mol. The third-order valence-corrected chi connectivity index (χ3v) is 2.61. The summed E-state index contributed by atoms with van der Waals surface area (Å²) in [4.78, 5) is 12.2. The van der Waals surface area contributed by atoms with Crippen LogP contribution < -0.4 is 11.1 Å². The molecule has 0 aliphatic heterocycles. The molecule has 0 bridgehead atoms. The second-order valence-electron chi connectivity index (χ2n) is 3.99. The molecule has 0 atom stereocenters. The molecule has 2 rings (SSSR count). The first kappa shape index (κ1) is 13.8. The second kappa shape index (κ2) is 5.99. The van der Waals surface area contributed by atoms with Gasteiger partial charge < -0.3 is 11.1 Å². The Morgan fingerprint density at radius 2 is 2.30 bits per heavy atom. The highest BCUT2D eigenvalue weighted by Crippen LogP contribution is 2.13. The SMILES string of the molecule is Cn1nccc1NC(=O)c1ccc(F)cc1C#CCN.